The van der Waals surface area contributed by atoms with E-state index in [9.17, 15) is 14.9 Å². The van der Waals surface area contributed by atoms with Crippen molar-refractivity contribution in [3.8, 4) is 5.75 Å². The van der Waals surface area contributed by atoms with Crippen LogP contribution in [0.2, 0.25) is 0 Å². The lowest BCUT2D eigenvalue weighted by atomic mass is 9.97. The molecule has 0 aliphatic carbocycles. The monoisotopic (exact) mass is 347 g/mol. The molecular weight excluding hydrogens is 326 g/mol. The molecule has 0 aliphatic heterocycles. The Bertz CT molecular complexity index is 805. The van der Waals surface area contributed by atoms with Gasteiger partial charge in [0.1, 0.15) is 11.5 Å². The van der Waals surface area contributed by atoms with Crippen LogP contribution >= 0.6 is 0 Å². The maximum Gasteiger partial charge on any atom is 0.273 e. The average Bonchev–Trinajstić information content (AvgIpc) is 2.88. The topological polar surface area (TPSA) is 108 Å². The zero-order valence-electron chi connectivity index (χ0n) is 14.9. The molecule has 2 aromatic rings. The van der Waals surface area contributed by atoms with Gasteiger partial charge in [0.2, 0.25) is 5.91 Å². The van der Waals surface area contributed by atoms with Crippen LogP contribution in [0.1, 0.15) is 38.1 Å². The Balaban J connectivity index is 2.16. The predicted molar refractivity (Wildman–Crippen MR) is 91.9 cm³/mol. The van der Waals surface area contributed by atoms with Crippen LogP contribution in [0.3, 0.4) is 0 Å². The van der Waals surface area contributed by atoms with Gasteiger partial charge in [0.05, 0.1) is 35.9 Å². The van der Waals surface area contributed by atoms with Crippen LogP contribution in [0.25, 0.3) is 0 Å². The molecular formula is C17H21N3O5. The number of benzene rings is 1. The Morgan fingerprint density at radius 1 is 1.40 bits per heavy atom. The highest BCUT2D eigenvalue weighted by atomic mass is 16.6. The molecule has 0 bridgehead atoms. The smallest absolute Gasteiger partial charge is 0.273 e. The summed E-state index contributed by atoms with van der Waals surface area (Å²) in [5.41, 5.74) is 0.652. The van der Waals surface area contributed by atoms with Gasteiger partial charge in [-0.2, -0.15) is 0 Å². The zero-order chi connectivity index (χ0) is 18.8. The maximum atomic E-state index is 12.3. The fraction of sp³-hybridized carbons (Fsp3) is 0.412. The second kappa shape index (κ2) is 6.92. The van der Waals surface area contributed by atoms with E-state index in [1.807, 2.05) is 20.8 Å². The Morgan fingerprint density at radius 2 is 2.08 bits per heavy atom. The number of nitro benzene ring substituents is 1. The summed E-state index contributed by atoms with van der Waals surface area (Å²) in [4.78, 5) is 26.9. The number of nitrogens with one attached hydrogen (secondary N) is 1. The second-order valence-electron chi connectivity index (χ2n) is 6.64. The van der Waals surface area contributed by atoms with Crippen molar-refractivity contribution in [3.05, 3.63) is 45.7 Å². The van der Waals surface area contributed by atoms with E-state index in [4.69, 9.17) is 9.15 Å². The van der Waals surface area contributed by atoms with Crippen LogP contribution in [-0.4, -0.2) is 22.9 Å². The van der Waals surface area contributed by atoms with Crippen molar-refractivity contribution in [1.82, 2.24) is 4.98 Å². The molecule has 8 nitrogen and oxygen atoms in total. The third-order valence-corrected chi connectivity index (χ3v) is 3.53. The number of nitrogens with zero attached hydrogens (tertiary/aromatic N) is 2. The fourth-order valence-corrected chi connectivity index (χ4v) is 2.15. The minimum atomic E-state index is -0.528. The highest BCUT2D eigenvalue weighted by Crippen LogP contribution is 2.29. The standard InChI is InChI=1S/C17H21N3O5/c1-10-13(25-16(18-10)17(2,3)4)9-15(21)19-12-7-6-11(20(22)23)8-14(12)24-5/h6-8H,9H2,1-5H3,(H,19,21). The summed E-state index contributed by atoms with van der Waals surface area (Å²) in [5.74, 6) is 0.947. The van der Waals surface area contributed by atoms with E-state index in [2.05, 4.69) is 10.3 Å². The molecule has 0 unspecified atom stereocenters. The van der Waals surface area contributed by atoms with Crippen molar-refractivity contribution in [2.24, 2.45) is 0 Å². The first kappa shape index (κ1) is 18.4. The molecule has 25 heavy (non-hydrogen) atoms. The number of aryl methyl sites for hydroxylation is 1. The fourth-order valence-electron chi connectivity index (χ4n) is 2.15. The van der Waals surface area contributed by atoms with Crippen molar-refractivity contribution in [2.45, 2.75) is 39.5 Å². The van der Waals surface area contributed by atoms with E-state index >= 15 is 0 Å². The predicted octanol–water partition coefficient (Wildman–Crippen LogP) is 3.38. The number of nitro groups is 1. The van der Waals surface area contributed by atoms with Crippen molar-refractivity contribution < 1.29 is 18.9 Å². The van der Waals surface area contributed by atoms with Gasteiger partial charge in [0.15, 0.2) is 5.89 Å². The average molecular weight is 347 g/mol. The summed E-state index contributed by atoms with van der Waals surface area (Å²) in [6.45, 7) is 7.71. The minimum Gasteiger partial charge on any atom is -0.494 e. The van der Waals surface area contributed by atoms with Gasteiger partial charge >= 0.3 is 0 Å². The number of methoxy groups -OCH3 is 1. The lowest BCUT2D eigenvalue weighted by molar-refractivity contribution is -0.384. The van der Waals surface area contributed by atoms with Gasteiger partial charge in [-0.1, -0.05) is 20.8 Å². The van der Waals surface area contributed by atoms with Crippen molar-refractivity contribution in [2.75, 3.05) is 12.4 Å². The highest BCUT2D eigenvalue weighted by Gasteiger charge is 2.23. The van der Waals surface area contributed by atoms with Crippen LogP contribution in [0.4, 0.5) is 11.4 Å². The Labute approximate surface area is 145 Å². The summed E-state index contributed by atoms with van der Waals surface area (Å²) < 4.78 is 10.8. The lowest BCUT2D eigenvalue weighted by Crippen LogP contribution is -2.15. The van der Waals surface area contributed by atoms with Crippen molar-refractivity contribution in [1.29, 1.82) is 0 Å². The second-order valence-corrected chi connectivity index (χ2v) is 6.64. The summed E-state index contributed by atoms with van der Waals surface area (Å²) in [6.07, 6.45) is 0.00898. The molecule has 1 aromatic carbocycles. The summed E-state index contributed by atoms with van der Waals surface area (Å²) >= 11 is 0. The molecule has 0 saturated carbocycles. The number of non-ortho nitro benzene ring substituents is 1. The van der Waals surface area contributed by atoms with E-state index in [0.29, 0.717) is 23.0 Å². The number of carbonyl (C=O) groups excluding carboxylic acids is 1. The molecule has 0 atom stereocenters. The van der Waals surface area contributed by atoms with Crippen molar-refractivity contribution in [3.63, 3.8) is 0 Å². The van der Waals surface area contributed by atoms with E-state index in [0.717, 1.165) is 0 Å². The molecule has 0 fully saturated rings. The van der Waals surface area contributed by atoms with E-state index < -0.39 is 4.92 Å². The number of hydrogen-bond donors (Lipinski definition) is 1. The summed E-state index contributed by atoms with van der Waals surface area (Å²) in [5, 5.41) is 13.5. The molecule has 134 valence electrons. The van der Waals surface area contributed by atoms with Gasteiger partial charge < -0.3 is 14.5 Å². The number of aromatic nitrogens is 1. The first-order valence-corrected chi connectivity index (χ1v) is 7.71. The van der Waals surface area contributed by atoms with Gasteiger partial charge in [-0.3, -0.25) is 14.9 Å². The number of carbonyl (C=O) groups is 1. The van der Waals surface area contributed by atoms with Crippen LogP contribution in [0.5, 0.6) is 5.75 Å². The molecule has 0 saturated heterocycles. The Kier molecular flexibility index (Phi) is 5.10. The minimum absolute atomic E-state index is 0.00898. The van der Waals surface area contributed by atoms with E-state index in [1.54, 1.807) is 6.92 Å². The van der Waals surface area contributed by atoms with Gasteiger partial charge in [-0.15, -0.1) is 0 Å². The van der Waals surface area contributed by atoms with Gasteiger partial charge in [0.25, 0.3) is 5.69 Å². The maximum absolute atomic E-state index is 12.3. The number of anilines is 1. The molecule has 1 amide bonds. The van der Waals surface area contributed by atoms with Crippen LogP contribution < -0.4 is 10.1 Å². The van der Waals surface area contributed by atoms with Crippen LogP contribution in [-0.2, 0) is 16.6 Å². The number of ether oxygens (including phenoxy) is 1. The van der Waals surface area contributed by atoms with Crippen molar-refractivity contribution >= 4 is 17.3 Å². The Hall–Kier alpha value is -2.90. The number of hydrogen-bond acceptors (Lipinski definition) is 6. The normalized spacial score (nSPS) is 11.2. The number of rotatable bonds is 5. The number of amides is 1. The lowest BCUT2D eigenvalue weighted by Gasteiger charge is -2.12. The molecule has 1 heterocycles. The first-order chi connectivity index (χ1) is 11.6. The molecule has 0 radical (unpaired) electrons. The first-order valence-electron chi connectivity index (χ1n) is 7.71. The molecule has 1 N–H and O–H groups in total. The molecule has 8 heteroatoms. The van der Waals surface area contributed by atoms with E-state index in [-0.39, 0.29) is 29.2 Å². The molecule has 1 aromatic heterocycles. The van der Waals surface area contributed by atoms with Crippen LogP contribution in [0, 0.1) is 17.0 Å². The highest BCUT2D eigenvalue weighted by molar-refractivity contribution is 5.93. The SMILES string of the molecule is COc1cc([N+](=O)[O-])ccc1NC(=O)Cc1oc(C(C)(C)C)nc1C. The third kappa shape index (κ3) is 4.34. The largest absolute Gasteiger partial charge is 0.494 e. The number of oxazole rings is 1. The van der Waals surface area contributed by atoms with Gasteiger partial charge in [-0.25, -0.2) is 4.98 Å². The van der Waals surface area contributed by atoms with E-state index in [1.165, 1.54) is 25.3 Å². The Morgan fingerprint density at radius 3 is 2.60 bits per heavy atom. The summed E-state index contributed by atoms with van der Waals surface area (Å²) in [6, 6.07) is 3.99. The van der Waals surface area contributed by atoms with Crippen LogP contribution in [0.15, 0.2) is 22.6 Å². The van der Waals surface area contributed by atoms with Gasteiger partial charge in [0, 0.05) is 11.5 Å². The molecule has 2 rings (SSSR count). The zero-order valence-corrected chi connectivity index (χ0v) is 14.9. The van der Waals surface area contributed by atoms with Gasteiger partial charge in [-0.05, 0) is 13.0 Å². The summed E-state index contributed by atoms with van der Waals surface area (Å²) in [7, 11) is 1.38. The quantitative estimate of drug-likeness (QED) is 0.656. The third-order valence-electron chi connectivity index (χ3n) is 3.53. The molecule has 0 aliphatic rings. The molecule has 0 spiro atoms.